The first kappa shape index (κ1) is 9.34. The van der Waals surface area contributed by atoms with Crippen LogP contribution in [0.25, 0.3) is 0 Å². The second-order valence-electron chi connectivity index (χ2n) is 4.93. The summed E-state index contributed by atoms with van der Waals surface area (Å²) in [6.45, 7) is 0. The van der Waals surface area contributed by atoms with E-state index in [1.807, 2.05) is 18.2 Å². The van der Waals surface area contributed by atoms with Crippen LogP contribution in [0.4, 0.5) is 0 Å². The molecular formula is C13H17NO. The smallest absolute Gasteiger partial charge is 0.0629 e. The number of aliphatic hydroxyl groups excluding tert-OH is 1. The van der Waals surface area contributed by atoms with Crippen molar-refractivity contribution in [3.05, 3.63) is 30.1 Å². The van der Waals surface area contributed by atoms with Crippen molar-refractivity contribution in [2.45, 2.75) is 31.8 Å². The fourth-order valence-electron chi connectivity index (χ4n) is 3.32. The van der Waals surface area contributed by atoms with Gasteiger partial charge in [0.2, 0.25) is 0 Å². The first-order valence-electron chi connectivity index (χ1n) is 5.94. The summed E-state index contributed by atoms with van der Waals surface area (Å²) >= 11 is 0. The molecule has 1 N–H and O–H groups in total. The Labute approximate surface area is 90.4 Å². The van der Waals surface area contributed by atoms with Gasteiger partial charge in [0, 0.05) is 18.3 Å². The van der Waals surface area contributed by atoms with E-state index in [0.717, 1.165) is 24.0 Å². The molecule has 2 aliphatic carbocycles. The van der Waals surface area contributed by atoms with Gasteiger partial charge in [-0.2, -0.15) is 0 Å². The monoisotopic (exact) mass is 203 g/mol. The van der Waals surface area contributed by atoms with Crippen LogP contribution < -0.4 is 0 Å². The number of aliphatic hydroxyl groups is 1. The molecule has 2 fully saturated rings. The maximum atomic E-state index is 10.1. The van der Waals surface area contributed by atoms with E-state index in [9.17, 15) is 5.11 Å². The van der Waals surface area contributed by atoms with Crippen molar-refractivity contribution in [2.75, 3.05) is 0 Å². The molecule has 0 radical (unpaired) electrons. The van der Waals surface area contributed by atoms with Crippen LogP contribution in [0.15, 0.2) is 24.4 Å². The molecule has 3 rings (SSSR count). The Morgan fingerprint density at radius 1 is 1.33 bits per heavy atom. The molecule has 2 aliphatic rings. The standard InChI is InChI=1S/C13H17NO/c15-12(8-9-4-1-2-7-14-9)13-10-5-3-6-11(10)13/h1-2,4,7,10-13,15H,3,5-6,8H2. The van der Waals surface area contributed by atoms with E-state index in [4.69, 9.17) is 0 Å². The minimum atomic E-state index is -0.157. The van der Waals surface area contributed by atoms with Gasteiger partial charge in [0.05, 0.1) is 6.10 Å². The summed E-state index contributed by atoms with van der Waals surface area (Å²) in [5.41, 5.74) is 1.02. The molecule has 15 heavy (non-hydrogen) atoms. The lowest BCUT2D eigenvalue weighted by Crippen LogP contribution is -2.16. The van der Waals surface area contributed by atoms with Crippen molar-refractivity contribution in [1.82, 2.24) is 4.98 Å². The zero-order valence-corrected chi connectivity index (χ0v) is 8.84. The average molecular weight is 203 g/mol. The molecule has 2 saturated carbocycles. The van der Waals surface area contributed by atoms with Crippen LogP contribution in [-0.2, 0) is 6.42 Å². The maximum Gasteiger partial charge on any atom is 0.0629 e. The van der Waals surface area contributed by atoms with E-state index >= 15 is 0 Å². The van der Waals surface area contributed by atoms with Gasteiger partial charge < -0.3 is 5.11 Å². The molecule has 0 spiro atoms. The molecule has 1 heterocycles. The van der Waals surface area contributed by atoms with Crippen LogP contribution in [0, 0.1) is 17.8 Å². The number of rotatable bonds is 3. The third-order valence-electron chi connectivity index (χ3n) is 4.06. The summed E-state index contributed by atoms with van der Waals surface area (Å²) in [7, 11) is 0. The van der Waals surface area contributed by atoms with E-state index < -0.39 is 0 Å². The highest BCUT2D eigenvalue weighted by atomic mass is 16.3. The molecule has 0 aromatic carbocycles. The summed E-state index contributed by atoms with van der Waals surface area (Å²) in [5, 5.41) is 10.1. The molecule has 0 bridgehead atoms. The lowest BCUT2D eigenvalue weighted by Gasteiger charge is -2.11. The first-order chi connectivity index (χ1) is 7.36. The Morgan fingerprint density at radius 2 is 2.13 bits per heavy atom. The van der Waals surface area contributed by atoms with Crippen molar-refractivity contribution in [2.24, 2.45) is 17.8 Å². The Bertz CT molecular complexity index is 328. The molecule has 1 aromatic heterocycles. The predicted octanol–water partition coefficient (Wildman–Crippen LogP) is 2.03. The summed E-state index contributed by atoms with van der Waals surface area (Å²) < 4.78 is 0. The van der Waals surface area contributed by atoms with Gasteiger partial charge in [-0.3, -0.25) is 4.98 Å². The van der Waals surface area contributed by atoms with Crippen molar-refractivity contribution in [3.63, 3.8) is 0 Å². The molecule has 0 saturated heterocycles. The van der Waals surface area contributed by atoms with Crippen LogP contribution in [0.1, 0.15) is 25.0 Å². The highest BCUT2D eigenvalue weighted by molar-refractivity contribution is 5.10. The van der Waals surface area contributed by atoms with E-state index in [-0.39, 0.29) is 6.10 Å². The lowest BCUT2D eigenvalue weighted by atomic mass is 10.0. The number of hydrogen-bond acceptors (Lipinski definition) is 2. The summed E-state index contributed by atoms with van der Waals surface area (Å²) in [6.07, 6.45) is 6.44. The highest BCUT2D eigenvalue weighted by Crippen LogP contribution is 2.59. The van der Waals surface area contributed by atoms with Crippen LogP contribution >= 0.6 is 0 Å². The highest BCUT2D eigenvalue weighted by Gasteiger charge is 2.55. The Hall–Kier alpha value is -0.890. The van der Waals surface area contributed by atoms with Crippen LogP contribution in [0.5, 0.6) is 0 Å². The summed E-state index contributed by atoms with van der Waals surface area (Å²) in [6, 6.07) is 5.91. The molecular weight excluding hydrogens is 186 g/mol. The Balaban J connectivity index is 1.60. The number of nitrogens with zero attached hydrogens (tertiary/aromatic N) is 1. The van der Waals surface area contributed by atoms with E-state index in [1.54, 1.807) is 6.20 Å². The van der Waals surface area contributed by atoms with Gasteiger partial charge in [-0.25, -0.2) is 0 Å². The molecule has 0 aliphatic heterocycles. The number of aromatic nitrogens is 1. The summed E-state index contributed by atoms with van der Waals surface area (Å²) in [5.74, 6) is 2.26. The second-order valence-corrected chi connectivity index (χ2v) is 4.93. The SMILES string of the molecule is OC(Cc1ccccn1)C1C2CCCC21. The topological polar surface area (TPSA) is 33.1 Å². The fourth-order valence-corrected chi connectivity index (χ4v) is 3.32. The van der Waals surface area contributed by atoms with E-state index in [1.165, 1.54) is 19.3 Å². The van der Waals surface area contributed by atoms with Crippen molar-refractivity contribution in [3.8, 4) is 0 Å². The third kappa shape index (κ3) is 1.67. The first-order valence-corrected chi connectivity index (χ1v) is 5.94. The normalized spacial score (nSPS) is 34.9. The number of hydrogen-bond donors (Lipinski definition) is 1. The minimum Gasteiger partial charge on any atom is -0.392 e. The molecule has 0 amide bonds. The van der Waals surface area contributed by atoms with Crippen LogP contribution in [-0.4, -0.2) is 16.2 Å². The number of fused-ring (bicyclic) bond motifs is 1. The third-order valence-corrected chi connectivity index (χ3v) is 4.06. The van der Waals surface area contributed by atoms with Gasteiger partial charge in [0.1, 0.15) is 0 Å². The Morgan fingerprint density at radius 3 is 2.80 bits per heavy atom. The second kappa shape index (κ2) is 3.60. The van der Waals surface area contributed by atoms with Gasteiger partial charge in [0.15, 0.2) is 0 Å². The largest absolute Gasteiger partial charge is 0.392 e. The zero-order valence-electron chi connectivity index (χ0n) is 8.84. The fraction of sp³-hybridized carbons (Fsp3) is 0.615. The van der Waals surface area contributed by atoms with E-state index in [0.29, 0.717) is 5.92 Å². The van der Waals surface area contributed by atoms with Gasteiger partial charge >= 0.3 is 0 Å². The quantitative estimate of drug-likeness (QED) is 0.815. The van der Waals surface area contributed by atoms with Crippen molar-refractivity contribution < 1.29 is 5.11 Å². The molecule has 2 heteroatoms. The minimum absolute atomic E-state index is 0.157. The maximum absolute atomic E-state index is 10.1. The molecule has 1 aromatic rings. The molecule has 3 unspecified atom stereocenters. The van der Waals surface area contributed by atoms with Gasteiger partial charge in [-0.1, -0.05) is 12.5 Å². The van der Waals surface area contributed by atoms with Gasteiger partial charge in [0.25, 0.3) is 0 Å². The number of pyridine rings is 1. The zero-order chi connectivity index (χ0) is 10.3. The average Bonchev–Trinajstić information content (AvgIpc) is 2.75. The Kier molecular flexibility index (Phi) is 2.24. The van der Waals surface area contributed by atoms with Crippen molar-refractivity contribution >= 4 is 0 Å². The van der Waals surface area contributed by atoms with Crippen LogP contribution in [0.3, 0.4) is 0 Å². The molecule has 80 valence electrons. The predicted molar refractivity (Wildman–Crippen MR) is 58.3 cm³/mol. The summed E-state index contributed by atoms with van der Waals surface area (Å²) in [4.78, 5) is 4.26. The van der Waals surface area contributed by atoms with Gasteiger partial charge in [-0.05, 0) is 42.7 Å². The molecule has 3 atom stereocenters. The molecule has 2 nitrogen and oxygen atoms in total. The van der Waals surface area contributed by atoms with Crippen molar-refractivity contribution in [1.29, 1.82) is 0 Å². The van der Waals surface area contributed by atoms with Gasteiger partial charge in [-0.15, -0.1) is 0 Å². The van der Waals surface area contributed by atoms with Crippen LogP contribution in [0.2, 0.25) is 0 Å². The lowest BCUT2D eigenvalue weighted by molar-refractivity contribution is 0.134. The van der Waals surface area contributed by atoms with E-state index in [2.05, 4.69) is 4.98 Å².